The summed E-state index contributed by atoms with van der Waals surface area (Å²) in [6, 6.07) is 14.4. The van der Waals surface area contributed by atoms with E-state index in [4.69, 9.17) is 33.9 Å². The highest BCUT2D eigenvalue weighted by molar-refractivity contribution is 8.27. The molecule has 14 heteroatoms. The first kappa shape index (κ1) is 31.2. The first-order chi connectivity index (χ1) is 20.2. The van der Waals surface area contributed by atoms with E-state index in [9.17, 15) is 19.2 Å². The van der Waals surface area contributed by atoms with Crippen LogP contribution in [0.2, 0.25) is 0 Å². The number of amides is 4. The first-order valence-corrected chi connectivity index (χ1v) is 15.2. The summed E-state index contributed by atoms with van der Waals surface area (Å²) in [4.78, 5) is 53.7. The molecule has 2 aliphatic rings. The molecule has 4 rings (SSSR count). The molecule has 2 aromatic rings. The second kappa shape index (κ2) is 14.4. The Morgan fingerprint density at radius 2 is 1.07 bits per heavy atom. The molecule has 2 aliphatic heterocycles. The number of hydrogen-bond donors (Lipinski definition) is 2. The second-order valence-electron chi connectivity index (χ2n) is 8.64. The Hall–Kier alpha value is -3.72. The van der Waals surface area contributed by atoms with Crippen molar-refractivity contribution < 1.29 is 28.7 Å². The highest BCUT2D eigenvalue weighted by Crippen LogP contribution is 2.33. The Balaban J connectivity index is 1.27. The lowest BCUT2D eigenvalue weighted by atomic mass is 10.2. The zero-order chi connectivity index (χ0) is 30.2. The molecule has 2 heterocycles. The topological polar surface area (TPSA) is 117 Å². The number of carbonyl (C=O) groups is 4. The molecule has 0 radical (unpaired) electrons. The molecule has 10 nitrogen and oxygen atoms in total. The van der Waals surface area contributed by atoms with Crippen molar-refractivity contribution in [2.75, 3.05) is 26.3 Å². The number of nitrogens with zero attached hydrogens (tertiary/aromatic N) is 2. The first-order valence-electron chi connectivity index (χ1n) is 12.7. The van der Waals surface area contributed by atoms with Crippen LogP contribution < -0.4 is 20.3 Å². The summed E-state index contributed by atoms with van der Waals surface area (Å²) in [7, 11) is 0. The minimum atomic E-state index is -0.664. The third-order valence-electron chi connectivity index (χ3n) is 5.67. The number of thioether (sulfide) groups is 2. The maximum Gasteiger partial charge on any atom is 0.266 e. The van der Waals surface area contributed by atoms with Crippen LogP contribution in [0, 0.1) is 0 Å². The maximum absolute atomic E-state index is 12.9. The molecule has 2 fully saturated rings. The van der Waals surface area contributed by atoms with Crippen LogP contribution in [-0.4, -0.2) is 68.4 Å². The molecule has 0 spiro atoms. The predicted octanol–water partition coefficient (Wildman–Crippen LogP) is 3.73. The molecule has 2 aromatic carbocycles. The molecule has 42 heavy (non-hydrogen) atoms. The number of thiocarbonyl (C=S) groups is 2. The van der Waals surface area contributed by atoms with Crippen molar-refractivity contribution in [3.05, 3.63) is 69.5 Å². The van der Waals surface area contributed by atoms with E-state index in [-0.39, 0.29) is 8.64 Å². The fourth-order valence-corrected chi connectivity index (χ4v) is 6.25. The summed E-state index contributed by atoms with van der Waals surface area (Å²) in [5.41, 5.74) is 6.07. The van der Waals surface area contributed by atoms with Gasteiger partial charge in [0.1, 0.15) is 33.2 Å². The number of benzene rings is 2. The molecular formula is C28H26N4O6S4. The van der Waals surface area contributed by atoms with Crippen molar-refractivity contribution in [2.24, 2.45) is 0 Å². The summed E-state index contributed by atoms with van der Waals surface area (Å²) in [6.45, 7) is 4.10. The molecule has 0 atom stereocenters. The summed E-state index contributed by atoms with van der Waals surface area (Å²) < 4.78 is 11.3. The van der Waals surface area contributed by atoms with Crippen molar-refractivity contribution >= 4 is 92.4 Å². The average molecular weight is 643 g/mol. The minimum Gasteiger partial charge on any atom is -0.494 e. The lowest BCUT2D eigenvalue weighted by Crippen LogP contribution is -2.50. The van der Waals surface area contributed by atoms with Gasteiger partial charge in [-0.25, -0.2) is 0 Å². The minimum absolute atomic E-state index is 0.218. The maximum atomic E-state index is 12.9. The fraction of sp³-hybridized carbons (Fsp3) is 0.214. The zero-order valence-corrected chi connectivity index (χ0v) is 25.8. The van der Waals surface area contributed by atoms with E-state index in [1.54, 1.807) is 36.4 Å². The molecule has 2 N–H and O–H groups in total. The Kier molecular flexibility index (Phi) is 10.7. The van der Waals surface area contributed by atoms with Gasteiger partial charge in [-0.2, -0.15) is 0 Å². The van der Waals surface area contributed by atoms with Gasteiger partial charge in [-0.3, -0.25) is 39.8 Å². The van der Waals surface area contributed by atoms with Crippen LogP contribution in [0.3, 0.4) is 0 Å². The predicted molar refractivity (Wildman–Crippen MR) is 171 cm³/mol. The standard InChI is InChI=1S/C28H26N4O6S4/c1-3-37-19-9-5-17(6-10-19)13-21-25(35)31(27(39)41-21)15-23(33)29-30-24(34)16-32-26(36)22(42-28(32)40)14-18-7-11-20(12-8-18)38-4-2/h5-14H,3-4,15-16H2,1-2H3,(H,29,33)(H,30,34). The quantitative estimate of drug-likeness (QED) is 0.226. The Labute approximate surface area is 261 Å². The van der Waals surface area contributed by atoms with Crippen molar-refractivity contribution in [2.45, 2.75) is 13.8 Å². The monoisotopic (exact) mass is 642 g/mol. The fourth-order valence-electron chi connectivity index (χ4n) is 3.73. The van der Waals surface area contributed by atoms with E-state index in [0.717, 1.165) is 55.9 Å². The summed E-state index contributed by atoms with van der Waals surface area (Å²) >= 11 is 12.7. The van der Waals surface area contributed by atoms with Crippen LogP contribution >= 0.6 is 48.0 Å². The van der Waals surface area contributed by atoms with Gasteiger partial charge in [0.15, 0.2) is 0 Å². The number of carbonyl (C=O) groups excluding carboxylic acids is 4. The second-order valence-corrected chi connectivity index (χ2v) is 12.0. The molecule has 0 unspecified atom stereocenters. The van der Waals surface area contributed by atoms with Crippen molar-refractivity contribution in [3.8, 4) is 11.5 Å². The van der Waals surface area contributed by atoms with Gasteiger partial charge in [-0.1, -0.05) is 72.2 Å². The number of hydrogen-bond acceptors (Lipinski definition) is 10. The molecule has 0 aliphatic carbocycles. The van der Waals surface area contributed by atoms with Gasteiger partial charge in [-0.05, 0) is 61.4 Å². The lowest BCUT2D eigenvalue weighted by Gasteiger charge is -2.16. The van der Waals surface area contributed by atoms with Crippen LogP contribution in [-0.2, 0) is 19.2 Å². The van der Waals surface area contributed by atoms with E-state index < -0.39 is 36.7 Å². The highest BCUT2D eigenvalue weighted by atomic mass is 32.2. The largest absolute Gasteiger partial charge is 0.494 e. The molecule has 0 aromatic heterocycles. The van der Waals surface area contributed by atoms with E-state index in [0.29, 0.717) is 23.0 Å². The smallest absolute Gasteiger partial charge is 0.266 e. The number of ether oxygens (including phenoxy) is 2. The van der Waals surface area contributed by atoms with E-state index in [1.807, 2.05) is 38.1 Å². The average Bonchev–Trinajstić information content (AvgIpc) is 3.38. The number of rotatable bonds is 10. The molecule has 0 bridgehead atoms. The normalized spacial score (nSPS) is 16.9. The SMILES string of the molecule is CCOc1ccc(C=C2SC(=S)N(CC(=O)NNC(=O)CN3C(=O)C(=Cc4ccc(OCC)cc4)SC3=S)C2=O)cc1. The van der Waals surface area contributed by atoms with E-state index >= 15 is 0 Å². The van der Waals surface area contributed by atoms with Gasteiger partial charge in [0.2, 0.25) is 0 Å². The molecule has 218 valence electrons. The van der Waals surface area contributed by atoms with Gasteiger partial charge in [-0.15, -0.1) is 0 Å². The summed E-state index contributed by atoms with van der Waals surface area (Å²) in [6.07, 6.45) is 3.36. The van der Waals surface area contributed by atoms with Crippen molar-refractivity contribution in [3.63, 3.8) is 0 Å². The van der Waals surface area contributed by atoms with Crippen LogP contribution in [0.25, 0.3) is 12.2 Å². The van der Waals surface area contributed by atoms with Gasteiger partial charge < -0.3 is 9.47 Å². The van der Waals surface area contributed by atoms with Crippen LogP contribution in [0.4, 0.5) is 0 Å². The van der Waals surface area contributed by atoms with Gasteiger partial charge >= 0.3 is 0 Å². The van der Waals surface area contributed by atoms with Crippen molar-refractivity contribution in [1.29, 1.82) is 0 Å². The van der Waals surface area contributed by atoms with Gasteiger partial charge in [0, 0.05) is 0 Å². The highest BCUT2D eigenvalue weighted by Gasteiger charge is 2.35. The van der Waals surface area contributed by atoms with Crippen LogP contribution in [0.1, 0.15) is 25.0 Å². The number of nitrogens with one attached hydrogen (secondary N) is 2. The summed E-state index contributed by atoms with van der Waals surface area (Å²) in [5.74, 6) is -0.729. The third-order valence-corrected chi connectivity index (χ3v) is 8.43. The Morgan fingerprint density at radius 3 is 1.40 bits per heavy atom. The number of hydrazine groups is 1. The van der Waals surface area contributed by atoms with Crippen molar-refractivity contribution in [1.82, 2.24) is 20.7 Å². The zero-order valence-electron chi connectivity index (χ0n) is 22.6. The van der Waals surface area contributed by atoms with Crippen LogP contribution in [0.15, 0.2) is 58.3 Å². The molecular weight excluding hydrogens is 617 g/mol. The Morgan fingerprint density at radius 1 is 0.714 bits per heavy atom. The third kappa shape index (κ3) is 7.97. The van der Waals surface area contributed by atoms with Crippen LogP contribution in [0.5, 0.6) is 11.5 Å². The van der Waals surface area contributed by atoms with Gasteiger partial charge in [0.25, 0.3) is 23.6 Å². The molecule has 4 amide bonds. The molecule has 0 saturated carbocycles. The lowest BCUT2D eigenvalue weighted by molar-refractivity contribution is -0.133. The van der Waals surface area contributed by atoms with Gasteiger partial charge in [0.05, 0.1) is 23.0 Å². The molecule has 2 saturated heterocycles. The Bertz CT molecular complexity index is 1360. The summed E-state index contributed by atoms with van der Waals surface area (Å²) in [5, 5.41) is 0. The van der Waals surface area contributed by atoms with E-state index in [2.05, 4.69) is 10.9 Å². The van der Waals surface area contributed by atoms with E-state index in [1.165, 1.54) is 0 Å².